The molecule has 0 fully saturated rings. The minimum atomic E-state index is -2.33. The molecule has 1 aliphatic rings. The van der Waals surface area contributed by atoms with Crippen LogP contribution >= 0.6 is 0 Å². The van der Waals surface area contributed by atoms with Gasteiger partial charge in [0, 0.05) is 0 Å². The van der Waals surface area contributed by atoms with Gasteiger partial charge in [-0.15, -0.1) is 0 Å². The number of aliphatic hydroxyl groups excluding tert-OH is 2. The molecule has 1 aromatic rings. The first-order valence-corrected chi connectivity index (χ1v) is 5.98. The molecule has 1 aliphatic carbocycles. The monoisotopic (exact) mass is 278 g/mol. The SMILES string of the molecule is O=C(OC[C@]1(O)C(=O)C=C[C@H](O)[C@H]1O)c1ccccc1. The Kier molecular flexibility index (Phi) is 3.99. The number of hydrogen-bond acceptors (Lipinski definition) is 6. The van der Waals surface area contributed by atoms with Gasteiger partial charge in [-0.25, -0.2) is 4.79 Å². The first-order valence-electron chi connectivity index (χ1n) is 5.98. The molecular weight excluding hydrogens is 264 g/mol. The highest BCUT2D eigenvalue weighted by Crippen LogP contribution is 2.22. The normalized spacial score (nSPS) is 29.2. The Bertz CT molecular complexity index is 538. The molecule has 3 N–H and O–H groups in total. The Balaban J connectivity index is 2.08. The van der Waals surface area contributed by atoms with Crippen LogP contribution in [0.4, 0.5) is 0 Å². The van der Waals surface area contributed by atoms with Crippen LogP contribution in [0.1, 0.15) is 10.4 Å². The molecule has 0 aliphatic heterocycles. The summed E-state index contributed by atoms with van der Waals surface area (Å²) in [7, 11) is 0. The lowest BCUT2D eigenvalue weighted by Crippen LogP contribution is -2.59. The predicted octanol–water partition coefficient (Wildman–Crippen LogP) is -0.565. The van der Waals surface area contributed by atoms with Crippen LogP contribution in [0.15, 0.2) is 42.5 Å². The summed E-state index contributed by atoms with van der Waals surface area (Å²) in [6.45, 7) is -0.734. The number of rotatable bonds is 3. The number of benzene rings is 1. The van der Waals surface area contributed by atoms with Crippen molar-refractivity contribution in [2.24, 2.45) is 0 Å². The third kappa shape index (κ3) is 2.62. The zero-order valence-electron chi connectivity index (χ0n) is 10.5. The zero-order chi connectivity index (χ0) is 14.8. The summed E-state index contributed by atoms with van der Waals surface area (Å²) in [5.74, 6) is -1.56. The lowest BCUT2D eigenvalue weighted by atomic mass is 9.84. The summed E-state index contributed by atoms with van der Waals surface area (Å²) in [6, 6.07) is 8.03. The molecule has 0 bridgehead atoms. The van der Waals surface area contributed by atoms with Crippen molar-refractivity contribution >= 4 is 11.8 Å². The van der Waals surface area contributed by atoms with Crippen LogP contribution in [0.5, 0.6) is 0 Å². The number of hydrogen-bond donors (Lipinski definition) is 3. The summed E-state index contributed by atoms with van der Waals surface area (Å²) in [4.78, 5) is 23.3. The highest BCUT2D eigenvalue weighted by Gasteiger charge is 2.48. The van der Waals surface area contributed by atoms with Gasteiger partial charge in [0.15, 0.2) is 11.4 Å². The van der Waals surface area contributed by atoms with Gasteiger partial charge in [-0.3, -0.25) is 4.79 Å². The molecule has 0 heterocycles. The van der Waals surface area contributed by atoms with Gasteiger partial charge in [-0.1, -0.05) is 18.2 Å². The van der Waals surface area contributed by atoms with Crippen molar-refractivity contribution in [3.8, 4) is 0 Å². The molecule has 2 rings (SSSR count). The fraction of sp³-hybridized carbons (Fsp3) is 0.286. The number of carbonyl (C=O) groups is 2. The van der Waals surface area contributed by atoms with E-state index in [0.717, 1.165) is 12.2 Å². The Morgan fingerprint density at radius 1 is 1.25 bits per heavy atom. The van der Waals surface area contributed by atoms with Crippen molar-refractivity contribution in [1.82, 2.24) is 0 Å². The lowest BCUT2D eigenvalue weighted by molar-refractivity contribution is -0.165. The van der Waals surface area contributed by atoms with E-state index in [9.17, 15) is 24.9 Å². The largest absolute Gasteiger partial charge is 0.458 e. The molecule has 0 spiro atoms. The number of esters is 1. The molecule has 0 unspecified atom stereocenters. The van der Waals surface area contributed by atoms with Crippen LogP contribution in [0.2, 0.25) is 0 Å². The zero-order valence-corrected chi connectivity index (χ0v) is 10.5. The van der Waals surface area contributed by atoms with E-state index in [4.69, 9.17) is 4.74 Å². The van der Waals surface area contributed by atoms with Gasteiger partial charge in [0.1, 0.15) is 18.8 Å². The molecule has 20 heavy (non-hydrogen) atoms. The van der Waals surface area contributed by atoms with Gasteiger partial charge in [-0.2, -0.15) is 0 Å². The Morgan fingerprint density at radius 2 is 1.90 bits per heavy atom. The first kappa shape index (κ1) is 14.4. The Hall–Kier alpha value is -2.02. The van der Waals surface area contributed by atoms with Gasteiger partial charge in [-0.05, 0) is 24.3 Å². The fourth-order valence-electron chi connectivity index (χ4n) is 1.85. The average Bonchev–Trinajstić information content (AvgIpc) is 2.48. The number of aliphatic hydroxyl groups is 3. The molecule has 6 nitrogen and oxygen atoms in total. The number of ketones is 1. The molecule has 106 valence electrons. The fourth-order valence-corrected chi connectivity index (χ4v) is 1.85. The minimum Gasteiger partial charge on any atom is -0.458 e. The molecule has 0 amide bonds. The first-order chi connectivity index (χ1) is 9.45. The van der Waals surface area contributed by atoms with Gasteiger partial charge >= 0.3 is 5.97 Å². The van der Waals surface area contributed by atoms with Crippen molar-refractivity contribution in [3.05, 3.63) is 48.0 Å². The van der Waals surface area contributed by atoms with E-state index in [1.807, 2.05) is 0 Å². The van der Waals surface area contributed by atoms with E-state index >= 15 is 0 Å². The third-order valence-electron chi connectivity index (χ3n) is 3.12. The van der Waals surface area contributed by atoms with E-state index in [0.29, 0.717) is 0 Å². The van der Waals surface area contributed by atoms with Crippen molar-refractivity contribution in [2.45, 2.75) is 17.8 Å². The van der Waals surface area contributed by atoms with Crippen molar-refractivity contribution in [3.63, 3.8) is 0 Å². The van der Waals surface area contributed by atoms with Gasteiger partial charge in [0.2, 0.25) is 0 Å². The van der Waals surface area contributed by atoms with Crippen LogP contribution in [-0.4, -0.2) is 51.5 Å². The summed E-state index contributed by atoms with van der Waals surface area (Å²) in [6.07, 6.45) is -1.12. The smallest absolute Gasteiger partial charge is 0.338 e. The lowest BCUT2D eigenvalue weighted by Gasteiger charge is -2.34. The quantitative estimate of drug-likeness (QED) is 0.640. The molecular formula is C14H14O6. The predicted molar refractivity (Wildman–Crippen MR) is 67.8 cm³/mol. The number of carbonyl (C=O) groups excluding carboxylic acids is 2. The topological polar surface area (TPSA) is 104 Å². The molecule has 6 heteroatoms. The second-order valence-electron chi connectivity index (χ2n) is 4.53. The Labute approximate surface area is 114 Å². The second kappa shape index (κ2) is 5.54. The maximum Gasteiger partial charge on any atom is 0.338 e. The second-order valence-corrected chi connectivity index (χ2v) is 4.53. The summed E-state index contributed by atoms with van der Waals surface area (Å²) in [5.41, 5.74) is -2.08. The standard InChI is InChI=1S/C14H14O6/c15-10-6-7-11(16)14(19,12(10)17)8-20-13(18)9-4-2-1-3-5-9/h1-7,10,12,15,17,19H,8H2/t10-,12+,14-/m0/s1. The highest BCUT2D eigenvalue weighted by atomic mass is 16.5. The van der Waals surface area contributed by atoms with Crippen LogP contribution in [-0.2, 0) is 9.53 Å². The van der Waals surface area contributed by atoms with Crippen LogP contribution < -0.4 is 0 Å². The maximum atomic E-state index is 11.7. The van der Waals surface area contributed by atoms with Crippen molar-refractivity contribution in [2.75, 3.05) is 6.61 Å². The summed E-state index contributed by atoms with van der Waals surface area (Å²) < 4.78 is 4.84. The highest BCUT2D eigenvalue weighted by molar-refractivity contribution is 5.99. The van der Waals surface area contributed by atoms with E-state index < -0.39 is 36.2 Å². The summed E-state index contributed by atoms with van der Waals surface area (Å²) >= 11 is 0. The molecule has 0 aromatic heterocycles. The van der Waals surface area contributed by atoms with Crippen LogP contribution in [0, 0.1) is 0 Å². The Morgan fingerprint density at radius 3 is 2.55 bits per heavy atom. The molecule has 1 aromatic carbocycles. The van der Waals surface area contributed by atoms with Crippen molar-refractivity contribution < 1.29 is 29.6 Å². The molecule has 0 saturated heterocycles. The van der Waals surface area contributed by atoms with E-state index in [1.165, 1.54) is 12.1 Å². The average molecular weight is 278 g/mol. The van der Waals surface area contributed by atoms with E-state index in [-0.39, 0.29) is 5.56 Å². The molecule has 0 saturated carbocycles. The molecule has 0 radical (unpaired) electrons. The molecule has 3 atom stereocenters. The van der Waals surface area contributed by atoms with Gasteiger partial charge in [0.05, 0.1) is 5.56 Å². The van der Waals surface area contributed by atoms with Crippen LogP contribution in [0.3, 0.4) is 0 Å². The van der Waals surface area contributed by atoms with Crippen LogP contribution in [0.25, 0.3) is 0 Å². The van der Waals surface area contributed by atoms with Gasteiger partial charge in [0.25, 0.3) is 0 Å². The van der Waals surface area contributed by atoms with E-state index in [2.05, 4.69) is 0 Å². The maximum absolute atomic E-state index is 11.7. The minimum absolute atomic E-state index is 0.255. The summed E-state index contributed by atoms with van der Waals surface area (Å²) in [5, 5.41) is 29.2. The van der Waals surface area contributed by atoms with Gasteiger partial charge < -0.3 is 20.1 Å². The van der Waals surface area contributed by atoms with E-state index in [1.54, 1.807) is 18.2 Å². The third-order valence-corrected chi connectivity index (χ3v) is 3.12. The number of ether oxygens (including phenoxy) is 1. The van der Waals surface area contributed by atoms with Crippen molar-refractivity contribution in [1.29, 1.82) is 0 Å².